The summed E-state index contributed by atoms with van der Waals surface area (Å²) in [5.74, 6) is 0.0133. The van der Waals surface area contributed by atoms with Gasteiger partial charge in [-0.2, -0.15) is 13.2 Å². The molecule has 0 aromatic carbocycles. The zero-order valence-electron chi connectivity index (χ0n) is 12.8. The molecule has 0 N–H and O–H groups in total. The highest BCUT2D eigenvalue weighted by Gasteiger charge is 2.38. The van der Waals surface area contributed by atoms with Crippen molar-refractivity contribution in [3.8, 4) is 0 Å². The van der Waals surface area contributed by atoms with Crippen molar-refractivity contribution in [1.29, 1.82) is 0 Å². The highest BCUT2D eigenvalue weighted by atomic mass is 32.1. The lowest BCUT2D eigenvalue weighted by Gasteiger charge is -2.35. The third kappa shape index (κ3) is 3.45. The normalized spacial score (nSPS) is 23.6. The van der Waals surface area contributed by atoms with E-state index in [1.54, 1.807) is 4.90 Å². The number of halogens is 3. The van der Waals surface area contributed by atoms with E-state index in [0.29, 0.717) is 31.2 Å². The van der Waals surface area contributed by atoms with Crippen LogP contribution in [-0.2, 0) is 11.0 Å². The molecule has 9 heteroatoms. The smallest absolute Gasteiger partial charge is 0.338 e. The standard InChI is InChI=1S/C14H19F3N4OS/c1-19-5-7-20(8-6-19)12(22)10-3-2-4-21(10)13-18-11(9-23-13)14(15,16)17/h9-10H,2-8H2,1H3/t10-/m1/s1. The van der Waals surface area contributed by atoms with Crippen LogP contribution < -0.4 is 4.90 Å². The number of anilines is 1. The zero-order chi connectivity index (χ0) is 16.6. The molecule has 3 heterocycles. The molecule has 0 unspecified atom stereocenters. The van der Waals surface area contributed by atoms with Gasteiger partial charge in [-0.05, 0) is 19.9 Å². The van der Waals surface area contributed by atoms with E-state index < -0.39 is 11.9 Å². The second kappa shape index (κ2) is 6.27. The van der Waals surface area contributed by atoms with Crippen LogP contribution in [0.3, 0.4) is 0 Å². The average Bonchev–Trinajstić information content (AvgIpc) is 3.15. The van der Waals surface area contributed by atoms with Crippen LogP contribution in [0.5, 0.6) is 0 Å². The minimum absolute atomic E-state index is 0.0133. The molecule has 2 saturated heterocycles. The van der Waals surface area contributed by atoms with E-state index in [4.69, 9.17) is 0 Å². The van der Waals surface area contributed by atoms with Gasteiger partial charge in [0.15, 0.2) is 10.8 Å². The van der Waals surface area contributed by atoms with Crippen molar-refractivity contribution in [2.45, 2.75) is 25.1 Å². The summed E-state index contributed by atoms with van der Waals surface area (Å²) < 4.78 is 38.2. The maximum absolute atomic E-state index is 12.7. The van der Waals surface area contributed by atoms with E-state index in [1.807, 2.05) is 11.9 Å². The summed E-state index contributed by atoms with van der Waals surface area (Å²) in [4.78, 5) is 22.1. The van der Waals surface area contributed by atoms with Crippen LogP contribution in [0, 0.1) is 0 Å². The molecule has 2 aliphatic heterocycles. The van der Waals surface area contributed by atoms with Crippen molar-refractivity contribution in [3.63, 3.8) is 0 Å². The molecule has 3 rings (SSSR count). The maximum atomic E-state index is 12.7. The average molecular weight is 348 g/mol. The quantitative estimate of drug-likeness (QED) is 0.819. The Hall–Kier alpha value is -1.35. The van der Waals surface area contributed by atoms with Gasteiger partial charge in [0.25, 0.3) is 0 Å². The fourth-order valence-electron chi connectivity index (χ4n) is 3.02. The Morgan fingerprint density at radius 3 is 2.57 bits per heavy atom. The van der Waals surface area contributed by atoms with Crippen LogP contribution in [0.15, 0.2) is 5.38 Å². The van der Waals surface area contributed by atoms with E-state index in [0.717, 1.165) is 36.2 Å². The van der Waals surface area contributed by atoms with E-state index in [9.17, 15) is 18.0 Å². The van der Waals surface area contributed by atoms with Gasteiger partial charge < -0.3 is 14.7 Å². The van der Waals surface area contributed by atoms with Crippen molar-refractivity contribution in [3.05, 3.63) is 11.1 Å². The Morgan fingerprint density at radius 1 is 1.26 bits per heavy atom. The second-order valence-corrected chi connectivity index (χ2v) is 6.83. The summed E-state index contributed by atoms with van der Waals surface area (Å²) in [6.07, 6.45) is -2.97. The largest absolute Gasteiger partial charge is 0.434 e. The lowest BCUT2D eigenvalue weighted by molar-refractivity contribution is -0.140. The van der Waals surface area contributed by atoms with Crippen molar-refractivity contribution >= 4 is 22.4 Å². The van der Waals surface area contributed by atoms with Gasteiger partial charge in [-0.1, -0.05) is 0 Å². The lowest BCUT2D eigenvalue weighted by atomic mass is 10.2. The van der Waals surface area contributed by atoms with E-state index in [-0.39, 0.29) is 11.9 Å². The minimum atomic E-state index is -4.44. The van der Waals surface area contributed by atoms with Crippen LogP contribution in [0.4, 0.5) is 18.3 Å². The van der Waals surface area contributed by atoms with Crippen molar-refractivity contribution in [1.82, 2.24) is 14.8 Å². The molecule has 23 heavy (non-hydrogen) atoms. The van der Waals surface area contributed by atoms with Gasteiger partial charge in [-0.15, -0.1) is 11.3 Å². The molecule has 0 spiro atoms. The first kappa shape index (κ1) is 16.5. The number of piperazine rings is 1. The number of carbonyl (C=O) groups is 1. The van der Waals surface area contributed by atoms with Crippen LogP contribution >= 0.6 is 11.3 Å². The summed E-state index contributed by atoms with van der Waals surface area (Å²) >= 11 is 0.958. The van der Waals surface area contributed by atoms with Gasteiger partial charge in [-0.25, -0.2) is 4.98 Å². The summed E-state index contributed by atoms with van der Waals surface area (Å²) in [6, 6.07) is -0.384. The predicted octanol–water partition coefficient (Wildman–Crippen LogP) is 1.90. The Bertz CT molecular complexity index is 569. The Kier molecular flexibility index (Phi) is 4.50. The number of thiazole rings is 1. The third-order valence-corrected chi connectivity index (χ3v) is 5.26. The first-order valence-electron chi connectivity index (χ1n) is 7.63. The molecule has 1 atom stereocenters. The van der Waals surface area contributed by atoms with Crippen LogP contribution in [-0.4, -0.2) is 66.5 Å². The molecule has 0 radical (unpaired) electrons. The third-order valence-electron chi connectivity index (χ3n) is 4.38. The Labute approximate surface area is 136 Å². The molecule has 0 aliphatic carbocycles. The SMILES string of the molecule is CN1CCN(C(=O)[C@H]2CCCN2c2nc(C(F)(F)F)cs2)CC1. The van der Waals surface area contributed by atoms with Gasteiger partial charge in [0.1, 0.15) is 6.04 Å². The predicted molar refractivity (Wildman–Crippen MR) is 81.6 cm³/mol. The molecule has 2 aliphatic rings. The molecule has 5 nitrogen and oxygen atoms in total. The molecule has 0 bridgehead atoms. The van der Waals surface area contributed by atoms with Crippen LogP contribution in [0.2, 0.25) is 0 Å². The topological polar surface area (TPSA) is 39.7 Å². The molecule has 2 fully saturated rings. The first-order valence-corrected chi connectivity index (χ1v) is 8.51. The molecule has 1 amide bonds. The number of rotatable bonds is 2. The molecular weight excluding hydrogens is 329 g/mol. The van der Waals surface area contributed by atoms with Crippen LogP contribution in [0.25, 0.3) is 0 Å². The van der Waals surface area contributed by atoms with Crippen LogP contribution in [0.1, 0.15) is 18.5 Å². The Balaban J connectivity index is 1.72. The fourth-order valence-corrected chi connectivity index (χ4v) is 3.92. The number of amides is 1. The number of hydrogen-bond acceptors (Lipinski definition) is 5. The van der Waals surface area contributed by atoms with Gasteiger partial charge in [0.2, 0.25) is 5.91 Å². The zero-order valence-corrected chi connectivity index (χ0v) is 13.7. The first-order chi connectivity index (χ1) is 10.9. The maximum Gasteiger partial charge on any atom is 0.434 e. The monoisotopic (exact) mass is 348 g/mol. The molecular formula is C14H19F3N4OS. The van der Waals surface area contributed by atoms with Crippen molar-refractivity contribution in [2.24, 2.45) is 0 Å². The Morgan fingerprint density at radius 2 is 1.96 bits per heavy atom. The summed E-state index contributed by atoms with van der Waals surface area (Å²) in [5.41, 5.74) is -0.879. The number of hydrogen-bond donors (Lipinski definition) is 0. The van der Waals surface area contributed by atoms with E-state index >= 15 is 0 Å². The molecule has 1 aromatic heterocycles. The van der Waals surface area contributed by atoms with Gasteiger partial charge >= 0.3 is 6.18 Å². The number of aromatic nitrogens is 1. The van der Waals surface area contributed by atoms with E-state index in [1.165, 1.54) is 0 Å². The van der Waals surface area contributed by atoms with Gasteiger partial charge in [-0.3, -0.25) is 4.79 Å². The second-order valence-electron chi connectivity index (χ2n) is 5.99. The number of nitrogens with zero attached hydrogens (tertiary/aromatic N) is 4. The number of alkyl halides is 3. The summed E-state index contributed by atoms with van der Waals surface area (Å²) in [6.45, 7) is 3.58. The van der Waals surface area contributed by atoms with Gasteiger partial charge in [0.05, 0.1) is 0 Å². The summed E-state index contributed by atoms with van der Waals surface area (Å²) in [5, 5.41) is 1.31. The highest BCUT2D eigenvalue weighted by molar-refractivity contribution is 7.13. The van der Waals surface area contributed by atoms with Gasteiger partial charge in [0, 0.05) is 38.1 Å². The lowest BCUT2D eigenvalue weighted by Crippen LogP contribution is -2.53. The molecule has 128 valence electrons. The minimum Gasteiger partial charge on any atom is -0.338 e. The van der Waals surface area contributed by atoms with E-state index in [2.05, 4.69) is 9.88 Å². The molecule has 0 saturated carbocycles. The number of likely N-dealkylation sites (N-methyl/N-ethyl adjacent to an activating group) is 1. The highest BCUT2D eigenvalue weighted by Crippen LogP contribution is 2.35. The molecule has 1 aromatic rings. The fraction of sp³-hybridized carbons (Fsp3) is 0.714. The van der Waals surface area contributed by atoms with Crippen molar-refractivity contribution < 1.29 is 18.0 Å². The summed E-state index contributed by atoms with van der Waals surface area (Å²) in [7, 11) is 2.01. The van der Waals surface area contributed by atoms with Crippen molar-refractivity contribution in [2.75, 3.05) is 44.7 Å². The number of carbonyl (C=O) groups excluding carboxylic acids is 1.